The van der Waals surface area contributed by atoms with Gasteiger partial charge in [-0.25, -0.2) is 0 Å². The highest BCUT2D eigenvalue weighted by molar-refractivity contribution is 5.09. The van der Waals surface area contributed by atoms with Crippen LogP contribution in [0.25, 0.3) is 0 Å². The number of rotatable bonds is 2. The van der Waals surface area contributed by atoms with Crippen LogP contribution in [0.3, 0.4) is 0 Å². The summed E-state index contributed by atoms with van der Waals surface area (Å²) in [6, 6.07) is 0.0933. The highest BCUT2D eigenvalue weighted by atomic mass is 15.4. The second kappa shape index (κ2) is 12.2. The van der Waals surface area contributed by atoms with Gasteiger partial charge in [0, 0.05) is 5.92 Å². The van der Waals surface area contributed by atoms with Gasteiger partial charge in [0.25, 0.3) is 0 Å². The maximum absolute atomic E-state index is 7.30. The molecule has 0 radical (unpaired) electrons. The summed E-state index contributed by atoms with van der Waals surface area (Å²) in [4.78, 5) is 0. The SMILES string of the molecule is N=NN=NC1CCCC2C3NC4NC(NC5NC(NC6NC(NC(N3)C12)C1CCCCC61)C1CCCCC51)C1CCCCC41. The Kier molecular flexibility index (Phi) is 8.03. The van der Waals surface area contributed by atoms with Crippen molar-refractivity contribution in [3.8, 4) is 0 Å². The van der Waals surface area contributed by atoms with Crippen molar-refractivity contribution in [3.05, 3.63) is 0 Å². The summed E-state index contributed by atoms with van der Waals surface area (Å²) in [7, 11) is 0. The van der Waals surface area contributed by atoms with Crippen LogP contribution >= 0.6 is 0 Å². The van der Waals surface area contributed by atoms with Crippen molar-refractivity contribution in [2.75, 3.05) is 0 Å². The third-order valence-corrected chi connectivity index (χ3v) is 14.1. The first-order valence-electron chi connectivity index (χ1n) is 18.6. The van der Waals surface area contributed by atoms with Crippen LogP contribution in [0.2, 0.25) is 0 Å². The van der Waals surface area contributed by atoms with Crippen LogP contribution in [0.5, 0.6) is 0 Å². The van der Waals surface area contributed by atoms with Crippen LogP contribution < -0.4 is 42.5 Å². The van der Waals surface area contributed by atoms with Crippen molar-refractivity contribution in [2.24, 2.45) is 62.9 Å². The molecule has 17 unspecified atom stereocenters. The standard InChI is InChI=1S/C32H56N12/c33-43-44-42-23-15-7-14-22-24(23)32-40-30-21-13-6-5-12-20(21)28(38-30)36-26-17-9-2-1-8-16(17)25(34-26)35-27-18-10-3-4-11-19(18)29(37-27)39-31(22)41-32/h16-41H,1-15H2. The quantitative estimate of drug-likeness (QED) is 0.171. The first kappa shape index (κ1) is 29.1. The van der Waals surface area contributed by atoms with Crippen molar-refractivity contribution in [3.63, 3.8) is 0 Å². The van der Waals surface area contributed by atoms with Crippen molar-refractivity contribution in [2.45, 2.75) is 152 Å². The van der Waals surface area contributed by atoms with Gasteiger partial charge in [0.05, 0.1) is 55.4 Å². The van der Waals surface area contributed by atoms with Gasteiger partial charge >= 0.3 is 0 Å². The van der Waals surface area contributed by atoms with E-state index in [1.165, 1.54) is 83.5 Å². The minimum atomic E-state index is 0.0933. The fourth-order valence-electron chi connectivity index (χ4n) is 12.3. The summed E-state index contributed by atoms with van der Waals surface area (Å²) in [5, 5.41) is 45.2. The van der Waals surface area contributed by atoms with Crippen LogP contribution in [0, 0.1) is 52.9 Å². The van der Waals surface area contributed by atoms with E-state index in [4.69, 9.17) is 5.53 Å². The lowest BCUT2D eigenvalue weighted by molar-refractivity contribution is 0.155. The Balaban J connectivity index is 1.06. The van der Waals surface area contributed by atoms with Gasteiger partial charge in [-0.1, -0.05) is 44.9 Å². The Labute approximate surface area is 262 Å². The van der Waals surface area contributed by atoms with E-state index in [0.717, 1.165) is 12.8 Å². The fourth-order valence-corrected chi connectivity index (χ4v) is 12.3. The van der Waals surface area contributed by atoms with E-state index in [1.54, 1.807) is 0 Å². The van der Waals surface area contributed by atoms with Gasteiger partial charge < -0.3 is 0 Å². The van der Waals surface area contributed by atoms with E-state index in [-0.39, 0.29) is 24.5 Å². The topological polar surface area (TPSA) is 157 Å². The summed E-state index contributed by atoms with van der Waals surface area (Å²) in [5.41, 5.74) is 7.30. The average molecular weight is 609 g/mol. The predicted octanol–water partition coefficient (Wildman–Crippen LogP) is 2.98. The van der Waals surface area contributed by atoms with Gasteiger partial charge in [0.1, 0.15) is 0 Å². The summed E-state index contributed by atoms with van der Waals surface area (Å²) in [5.74, 6) is 4.82. The molecule has 17 atom stereocenters. The normalized spacial score (nSPS) is 55.2. The van der Waals surface area contributed by atoms with Gasteiger partial charge in [-0.3, -0.25) is 42.5 Å². The summed E-state index contributed by atoms with van der Waals surface area (Å²) in [6.07, 6.45) is 21.7. The molecular formula is C32H56N12. The third kappa shape index (κ3) is 5.01. The van der Waals surface area contributed by atoms with Gasteiger partial charge in [-0.05, 0) is 103 Å². The number of hydrogen-bond acceptors (Lipinski definition) is 10. The molecule has 9 rings (SSSR count). The van der Waals surface area contributed by atoms with Gasteiger partial charge in [-0.15, -0.1) is 0 Å². The monoisotopic (exact) mass is 608 g/mol. The van der Waals surface area contributed by atoms with E-state index in [1.807, 2.05) is 0 Å². The third-order valence-electron chi connectivity index (χ3n) is 14.1. The molecule has 0 aromatic carbocycles. The maximum Gasteiger partial charge on any atom is 0.0790 e. The zero-order chi connectivity index (χ0) is 29.2. The highest BCUT2D eigenvalue weighted by Crippen LogP contribution is 2.46. The summed E-state index contributed by atoms with van der Waals surface area (Å²) < 4.78 is 0. The van der Waals surface area contributed by atoms with Crippen molar-refractivity contribution in [1.82, 2.24) is 42.5 Å². The molecule has 8 bridgehead atoms. The van der Waals surface area contributed by atoms with Crippen molar-refractivity contribution < 1.29 is 0 Å². The molecule has 9 N–H and O–H groups in total. The molecule has 9 fully saturated rings. The van der Waals surface area contributed by atoms with Crippen LogP contribution in [0.4, 0.5) is 0 Å². The molecule has 4 aliphatic carbocycles. The van der Waals surface area contributed by atoms with Crippen molar-refractivity contribution >= 4 is 0 Å². The Morgan fingerprint density at radius 1 is 0.364 bits per heavy atom. The molecule has 0 amide bonds. The fraction of sp³-hybridized carbons (Fsp3) is 1.00. The zero-order valence-electron chi connectivity index (χ0n) is 26.3. The van der Waals surface area contributed by atoms with E-state index in [2.05, 4.69) is 58.1 Å². The largest absolute Gasteiger partial charge is 0.286 e. The van der Waals surface area contributed by atoms with Crippen LogP contribution in [-0.2, 0) is 0 Å². The second-order valence-corrected chi connectivity index (χ2v) is 16.0. The van der Waals surface area contributed by atoms with Crippen LogP contribution in [-0.4, -0.2) is 55.4 Å². The Hall–Kier alpha value is -1.12. The molecule has 12 heteroatoms. The lowest BCUT2D eigenvalue weighted by Crippen LogP contribution is -2.62. The second-order valence-electron chi connectivity index (χ2n) is 16.0. The molecule has 244 valence electrons. The molecule has 44 heavy (non-hydrogen) atoms. The molecule has 0 spiro atoms. The lowest BCUT2D eigenvalue weighted by Gasteiger charge is -2.37. The summed E-state index contributed by atoms with van der Waals surface area (Å²) >= 11 is 0. The van der Waals surface area contributed by atoms with Gasteiger partial charge in [0.2, 0.25) is 0 Å². The van der Waals surface area contributed by atoms with Crippen LogP contribution in [0.15, 0.2) is 15.6 Å². The molecule has 5 aliphatic heterocycles. The lowest BCUT2D eigenvalue weighted by atomic mass is 9.75. The molecular weight excluding hydrogens is 552 g/mol. The Bertz CT molecular complexity index is 1070. The zero-order valence-corrected chi connectivity index (χ0v) is 26.3. The van der Waals surface area contributed by atoms with Crippen molar-refractivity contribution in [1.29, 1.82) is 5.53 Å². The van der Waals surface area contributed by atoms with Gasteiger partial charge in [-0.2, -0.15) is 10.6 Å². The molecule has 0 aromatic rings. The molecule has 12 nitrogen and oxygen atoms in total. The average Bonchev–Trinajstić information content (AvgIpc) is 3.79. The van der Waals surface area contributed by atoms with E-state index >= 15 is 0 Å². The number of hydrogen-bond donors (Lipinski definition) is 9. The highest BCUT2D eigenvalue weighted by Gasteiger charge is 2.55. The van der Waals surface area contributed by atoms with E-state index in [0.29, 0.717) is 78.2 Å². The Morgan fingerprint density at radius 3 is 1.05 bits per heavy atom. The smallest absolute Gasteiger partial charge is 0.0790 e. The minimum Gasteiger partial charge on any atom is -0.286 e. The first-order chi connectivity index (χ1) is 21.7. The van der Waals surface area contributed by atoms with E-state index in [9.17, 15) is 0 Å². The maximum atomic E-state index is 7.30. The van der Waals surface area contributed by atoms with E-state index < -0.39 is 0 Å². The molecule has 5 saturated heterocycles. The number of nitrogens with one attached hydrogen (secondary N) is 9. The molecule has 4 saturated carbocycles. The predicted molar refractivity (Wildman–Crippen MR) is 166 cm³/mol. The molecule has 0 aromatic heterocycles. The molecule has 5 heterocycles. The van der Waals surface area contributed by atoms with Crippen LogP contribution in [0.1, 0.15) is 96.3 Å². The first-order valence-corrected chi connectivity index (χ1v) is 18.6. The Morgan fingerprint density at radius 2 is 0.682 bits per heavy atom. The number of fused-ring (bicyclic) bond motifs is 20. The minimum absolute atomic E-state index is 0.0933. The molecule has 9 aliphatic rings. The van der Waals surface area contributed by atoms with Gasteiger partial charge in [0.15, 0.2) is 0 Å². The number of nitrogens with zero attached hydrogens (tertiary/aromatic N) is 3. The summed E-state index contributed by atoms with van der Waals surface area (Å²) in [6.45, 7) is 0.